The van der Waals surface area contributed by atoms with Gasteiger partial charge < -0.3 is 10.7 Å². The molecule has 0 radical (unpaired) electrons. The minimum atomic E-state index is -0.497. The van der Waals surface area contributed by atoms with Crippen LogP contribution in [0.4, 0.5) is 0 Å². The van der Waals surface area contributed by atoms with E-state index in [0.29, 0.717) is 12.2 Å². The first-order valence-corrected chi connectivity index (χ1v) is 9.17. The maximum Gasteiger partial charge on any atom is 0.245 e. The Hall–Kier alpha value is -2.04. The second-order valence-electron chi connectivity index (χ2n) is 5.13. The molecular formula is C16H21N5O2S2. The quantitative estimate of drug-likeness (QED) is 0.195. The number of hydroxylamine groups is 1. The van der Waals surface area contributed by atoms with Crippen molar-refractivity contribution in [2.24, 2.45) is 11.6 Å². The maximum atomic E-state index is 10.9. The van der Waals surface area contributed by atoms with Crippen LogP contribution in [0.25, 0.3) is 10.4 Å². The summed E-state index contributed by atoms with van der Waals surface area (Å²) in [4.78, 5) is 12.1. The highest BCUT2D eigenvalue weighted by molar-refractivity contribution is 7.99. The average molecular weight is 380 g/mol. The number of hydrazine groups is 1. The number of carbonyl (C=O) groups excluding carboxylic acids is 1. The van der Waals surface area contributed by atoms with E-state index in [4.69, 9.17) is 16.8 Å². The monoisotopic (exact) mass is 379 g/mol. The second-order valence-corrected chi connectivity index (χ2v) is 7.41. The lowest BCUT2D eigenvalue weighted by Gasteiger charge is -2.14. The van der Waals surface area contributed by atoms with Crippen LogP contribution >= 0.6 is 23.3 Å². The summed E-state index contributed by atoms with van der Waals surface area (Å²) < 4.78 is 4.32. The topological polar surface area (TPSA) is 117 Å². The minimum absolute atomic E-state index is 0.0798. The summed E-state index contributed by atoms with van der Waals surface area (Å²) in [6.07, 6.45) is 1.64. The van der Waals surface area contributed by atoms with Gasteiger partial charge in [0.2, 0.25) is 5.91 Å². The third-order valence-corrected chi connectivity index (χ3v) is 5.20. The van der Waals surface area contributed by atoms with Crippen molar-refractivity contribution in [3.8, 4) is 10.4 Å². The molecule has 0 aliphatic carbocycles. The lowest BCUT2D eigenvalue weighted by atomic mass is 10.2. The molecule has 0 saturated heterocycles. The number of hydrogen-bond acceptors (Lipinski definition) is 8. The zero-order chi connectivity index (χ0) is 18.1. The van der Waals surface area contributed by atoms with E-state index in [2.05, 4.69) is 29.0 Å². The van der Waals surface area contributed by atoms with Crippen LogP contribution in [0.3, 0.4) is 0 Å². The number of hydrogen-bond donors (Lipinski definition) is 5. The molecule has 0 bridgehead atoms. The number of nitrogens with two attached hydrogens (primary N) is 2. The summed E-state index contributed by atoms with van der Waals surface area (Å²) in [6.45, 7) is 0.703. The van der Waals surface area contributed by atoms with Crippen LogP contribution in [0.15, 0.2) is 58.6 Å². The Balaban J connectivity index is 1.75. The van der Waals surface area contributed by atoms with E-state index in [1.807, 2.05) is 18.2 Å². The number of carbonyl (C=O) groups is 1. The van der Waals surface area contributed by atoms with Gasteiger partial charge in [0.05, 0.1) is 4.21 Å². The molecule has 1 amide bonds. The van der Waals surface area contributed by atoms with E-state index in [9.17, 15) is 4.79 Å². The van der Waals surface area contributed by atoms with E-state index in [0.717, 1.165) is 4.21 Å². The van der Waals surface area contributed by atoms with E-state index in [1.54, 1.807) is 23.0 Å². The largest absolute Gasteiger partial charge is 0.400 e. The smallest absolute Gasteiger partial charge is 0.245 e. The summed E-state index contributed by atoms with van der Waals surface area (Å²) in [5, 5.41) is 9.73. The second kappa shape index (κ2) is 10.1. The highest BCUT2D eigenvalue weighted by Gasteiger charge is 2.04. The Morgan fingerprint density at radius 3 is 2.76 bits per heavy atom. The Labute approximate surface area is 154 Å². The van der Waals surface area contributed by atoms with Crippen LogP contribution in [-0.4, -0.2) is 29.2 Å². The highest BCUT2D eigenvalue weighted by Crippen LogP contribution is 2.32. The zero-order valence-corrected chi connectivity index (χ0v) is 15.1. The molecule has 1 aromatic heterocycles. The highest BCUT2D eigenvalue weighted by atomic mass is 32.2. The molecule has 0 saturated carbocycles. The van der Waals surface area contributed by atoms with E-state index in [-0.39, 0.29) is 13.0 Å². The maximum absolute atomic E-state index is 10.9. The normalized spacial score (nSPS) is 11.4. The molecule has 0 fully saturated rings. The summed E-state index contributed by atoms with van der Waals surface area (Å²) >= 11 is 3.21. The first-order valence-electron chi connectivity index (χ1n) is 7.54. The van der Waals surface area contributed by atoms with Crippen molar-refractivity contribution in [3.63, 3.8) is 0 Å². The molecule has 0 atom stereocenters. The lowest BCUT2D eigenvalue weighted by Crippen LogP contribution is -2.32. The third-order valence-electron chi connectivity index (χ3n) is 3.14. The van der Waals surface area contributed by atoms with Crippen molar-refractivity contribution in [3.05, 3.63) is 54.4 Å². The Morgan fingerprint density at radius 2 is 2.04 bits per heavy atom. The van der Waals surface area contributed by atoms with E-state index < -0.39 is 5.91 Å². The first-order chi connectivity index (χ1) is 12.1. The van der Waals surface area contributed by atoms with Crippen molar-refractivity contribution in [2.75, 3.05) is 13.1 Å². The van der Waals surface area contributed by atoms with Crippen molar-refractivity contribution in [2.45, 2.75) is 10.6 Å². The van der Waals surface area contributed by atoms with Crippen molar-refractivity contribution >= 4 is 29.2 Å². The van der Waals surface area contributed by atoms with Gasteiger partial charge in [0.1, 0.15) is 0 Å². The molecule has 2 rings (SSSR count). The summed E-state index contributed by atoms with van der Waals surface area (Å²) in [5.41, 5.74) is 9.18. The Bertz CT molecular complexity index is 706. The van der Waals surface area contributed by atoms with Gasteiger partial charge in [-0.05, 0) is 29.6 Å². The van der Waals surface area contributed by atoms with Gasteiger partial charge in [0.25, 0.3) is 0 Å². The van der Waals surface area contributed by atoms with Gasteiger partial charge in [0, 0.05) is 36.3 Å². The fourth-order valence-electron chi connectivity index (χ4n) is 1.93. The summed E-state index contributed by atoms with van der Waals surface area (Å²) in [7, 11) is 0. The van der Waals surface area contributed by atoms with E-state index >= 15 is 0 Å². The van der Waals surface area contributed by atoms with Gasteiger partial charge in [-0.3, -0.25) is 14.7 Å². The number of benzene rings is 1. The fourth-order valence-corrected chi connectivity index (χ4v) is 3.81. The van der Waals surface area contributed by atoms with Crippen LogP contribution < -0.4 is 21.8 Å². The molecule has 1 aromatic carbocycles. The number of rotatable bonds is 9. The van der Waals surface area contributed by atoms with Crippen molar-refractivity contribution in [1.82, 2.24) is 15.2 Å². The molecule has 25 heavy (non-hydrogen) atoms. The minimum Gasteiger partial charge on any atom is -0.400 e. The first kappa shape index (κ1) is 19.3. The van der Waals surface area contributed by atoms with E-state index in [1.165, 1.54) is 27.4 Å². The van der Waals surface area contributed by atoms with Crippen molar-refractivity contribution in [1.29, 1.82) is 0 Å². The fraction of sp³-hybridized carbons (Fsp3) is 0.188. The molecule has 0 aliphatic heterocycles. The third kappa shape index (κ3) is 6.77. The number of thiophene rings is 1. The number of nitrogens with one attached hydrogen (secondary N) is 2. The van der Waals surface area contributed by atoms with Gasteiger partial charge in [-0.2, -0.15) is 0 Å². The SMILES string of the molecule is N/C(=C\N(N)CCC(=O)NO)CNSc1ccc(-c2ccccc2)s1. The van der Waals surface area contributed by atoms with Crippen LogP contribution in [-0.2, 0) is 4.79 Å². The molecule has 7 N–H and O–H groups in total. The standard InChI is InChI=1S/C16H21N5O2S2/c17-13(11-21(18)9-8-15(22)20-23)10-19-25-16-7-6-14(24-16)12-4-2-1-3-5-12/h1-7,11,19,23H,8-10,17-18H2,(H,20,22)/b13-11-. The van der Waals surface area contributed by atoms with Crippen LogP contribution in [0, 0.1) is 0 Å². The van der Waals surface area contributed by atoms with Gasteiger partial charge in [-0.15, -0.1) is 11.3 Å². The number of nitrogens with zero attached hydrogens (tertiary/aromatic N) is 1. The predicted octanol–water partition coefficient (Wildman–Crippen LogP) is 1.88. The zero-order valence-electron chi connectivity index (χ0n) is 13.5. The molecule has 9 heteroatoms. The average Bonchev–Trinajstić information content (AvgIpc) is 3.09. The van der Waals surface area contributed by atoms with Gasteiger partial charge >= 0.3 is 0 Å². The Kier molecular flexibility index (Phi) is 7.76. The van der Waals surface area contributed by atoms with Crippen LogP contribution in [0.1, 0.15) is 6.42 Å². The molecule has 1 heterocycles. The lowest BCUT2D eigenvalue weighted by molar-refractivity contribution is -0.129. The molecule has 0 unspecified atom stereocenters. The Morgan fingerprint density at radius 1 is 1.28 bits per heavy atom. The van der Waals surface area contributed by atoms with Gasteiger partial charge in [0.15, 0.2) is 0 Å². The van der Waals surface area contributed by atoms with Crippen LogP contribution in [0.5, 0.6) is 0 Å². The van der Waals surface area contributed by atoms with Gasteiger partial charge in [-0.25, -0.2) is 11.3 Å². The molecule has 7 nitrogen and oxygen atoms in total. The summed E-state index contributed by atoms with van der Waals surface area (Å²) in [5.74, 6) is 5.21. The molecule has 2 aromatic rings. The van der Waals surface area contributed by atoms with Crippen molar-refractivity contribution < 1.29 is 10.0 Å². The molecular weight excluding hydrogens is 358 g/mol. The summed E-state index contributed by atoms with van der Waals surface area (Å²) in [6, 6.07) is 14.4. The van der Waals surface area contributed by atoms with Gasteiger partial charge in [-0.1, -0.05) is 30.3 Å². The molecule has 134 valence electrons. The predicted molar refractivity (Wildman–Crippen MR) is 101 cm³/mol. The number of amides is 1. The molecule has 0 aliphatic rings. The molecule has 0 spiro atoms. The van der Waals surface area contributed by atoms with Crippen LogP contribution in [0.2, 0.25) is 0 Å².